The summed E-state index contributed by atoms with van der Waals surface area (Å²) in [5.41, 5.74) is 0. The number of hydrogen-bond acceptors (Lipinski definition) is 2. The number of rotatable bonds is 18. The van der Waals surface area contributed by atoms with Crippen LogP contribution in [0.25, 0.3) is 0 Å². The molecule has 0 rings (SSSR count). The Morgan fingerprint density at radius 1 is 0.696 bits per heavy atom. The van der Waals surface area contributed by atoms with Crippen LogP contribution < -0.4 is 0 Å². The average molecular weight is 328 g/mol. The van der Waals surface area contributed by atoms with Crippen LogP contribution in [0.15, 0.2) is 0 Å². The lowest BCUT2D eigenvalue weighted by molar-refractivity contribution is 0.0484. The van der Waals surface area contributed by atoms with Crippen LogP contribution in [0.2, 0.25) is 0 Å². The normalized spacial score (nSPS) is 14.1. The molecule has 0 aromatic heterocycles. The molecule has 0 N–H and O–H groups in total. The van der Waals surface area contributed by atoms with Crippen LogP contribution in [0.3, 0.4) is 0 Å². The van der Waals surface area contributed by atoms with Gasteiger partial charge in [-0.25, -0.2) is 0 Å². The van der Waals surface area contributed by atoms with Crippen LogP contribution in [-0.2, 0) is 9.47 Å². The predicted octanol–water partition coefficient (Wildman–Crippen LogP) is 6.72. The molecular formula is C21H43O2. The number of hydrogen-bond donors (Lipinski definition) is 0. The summed E-state index contributed by atoms with van der Waals surface area (Å²) in [5, 5.41) is 0. The van der Waals surface area contributed by atoms with Gasteiger partial charge in [0.2, 0.25) is 0 Å². The Labute approximate surface area is 146 Å². The molecule has 0 aromatic rings. The summed E-state index contributed by atoms with van der Waals surface area (Å²) in [7, 11) is 1.80. The molecule has 0 fully saturated rings. The second-order valence-corrected chi connectivity index (χ2v) is 6.77. The summed E-state index contributed by atoms with van der Waals surface area (Å²) in [6.07, 6.45) is 19.1. The van der Waals surface area contributed by atoms with Crippen molar-refractivity contribution in [1.29, 1.82) is 0 Å². The van der Waals surface area contributed by atoms with Crippen molar-refractivity contribution in [1.82, 2.24) is 0 Å². The predicted molar refractivity (Wildman–Crippen MR) is 102 cm³/mol. The fourth-order valence-electron chi connectivity index (χ4n) is 3.23. The van der Waals surface area contributed by atoms with Gasteiger partial charge >= 0.3 is 0 Å². The monoisotopic (exact) mass is 327 g/mol. The van der Waals surface area contributed by atoms with Gasteiger partial charge in [0.1, 0.15) is 0 Å². The summed E-state index contributed by atoms with van der Waals surface area (Å²) in [6, 6.07) is 0. The van der Waals surface area contributed by atoms with Crippen LogP contribution in [0, 0.1) is 6.92 Å². The van der Waals surface area contributed by atoms with Gasteiger partial charge in [-0.1, -0.05) is 78.1 Å². The lowest BCUT2D eigenvalue weighted by Crippen LogP contribution is -2.12. The van der Waals surface area contributed by atoms with Gasteiger partial charge in [-0.2, -0.15) is 0 Å². The Hall–Kier alpha value is -0.0800. The molecule has 0 spiro atoms. The first-order chi connectivity index (χ1) is 11.3. The molecule has 2 atom stereocenters. The lowest BCUT2D eigenvalue weighted by atomic mass is 10.0. The molecule has 23 heavy (non-hydrogen) atoms. The van der Waals surface area contributed by atoms with E-state index in [4.69, 9.17) is 9.47 Å². The van der Waals surface area contributed by atoms with E-state index in [9.17, 15) is 0 Å². The van der Waals surface area contributed by atoms with Gasteiger partial charge in [0.15, 0.2) is 0 Å². The molecule has 2 nitrogen and oxygen atoms in total. The summed E-state index contributed by atoms with van der Waals surface area (Å²) < 4.78 is 11.1. The fraction of sp³-hybridized carbons (Fsp3) is 0.952. The van der Waals surface area contributed by atoms with Gasteiger partial charge in [0, 0.05) is 13.7 Å². The SMILES string of the molecule is [CH2]CC(CCCCCCCCCCCC(CCC)OCC)OC. The Morgan fingerprint density at radius 3 is 1.57 bits per heavy atom. The molecule has 0 saturated heterocycles. The van der Waals surface area contributed by atoms with E-state index in [0.29, 0.717) is 12.2 Å². The van der Waals surface area contributed by atoms with Crippen molar-refractivity contribution >= 4 is 0 Å². The third kappa shape index (κ3) is 15.2. The third-order valence-electron chi connectivity index (χ3n) is 4.72. The molecule has 0 aliphatic heterocycles. The van der Waals surface area contributed by atoms with Gasteiger partial charge in [-0.3, -0.25) is 0 Å². The summed E-state index contributed by atoms with van der Waals surface area (Å²) >= 11 is 0. The van der Waals surface area contributed by atoms with Gasteiger partial charge in [-0.15, -0.1) is 0 Å². The van der Waals surface area contributed by atoms with E-state index in [1.807, 2.05) is 0 Å². The number of methoxy groups -OCH3 is 1. The highest BCUT2D eigenvalue weighted by molar-refractivity contribution is 4.60. The Balaban J connectivity index is 3.27. The standard InChI is InChI=1S/C21H43O2/c1-5-17-21(23-7-3)19-16-14-12-10-8-9-11-13-15-18-20(6-2)22-4/h20-21H,2,5-19H2,1,3-4H3. The first kappa shape index (κ1) is 22.9. The van der Waals surface area contributed by atoms with Crippen molar-refractivity contribution in [3.63, 3.8) is 0 Å². The minimum atomic E-state index is 0.378. The molecule has 0 aromatic carbocycles. The van der Waals surface area contributed by atoms with Gasteiger partial charge in [0.25, 0.3) is 0 Å². The van der Waals surface area contributed by atoms with Crippen molar-refractivity contribution in [3.05, 3.63) is 6.92 Å². The van der Waals surface area contributed by atoms with Crippen molar-refractivity contribution in [2.24, 2.45) is 0 Å². The summed E-state index contributed by atoms with van der Waals surface area (Å²) in [6.45, 7) is 9.14. The molecule has 0 amide bonds. The Morgan fingerprint density at radius 2 is 1.17 bits per heavy atom. The fourth-order valence-corrected chi connectivity index (χ4v) is 3.23. The van der Waals surface area contributed by atoms with E-state index < -0.39 is 0 Å². The third-order valence-corrected chi connectivity index (χ3v) is 4.72. The molecule has 0 saturated carbocycles. The number of ether oxygens (including phenoxy) is 2. The first-order valence-corrected chi connectivity index (χ1v) is 10.2. The van der Waals surface area contributed by atoms with Crippen molar-refractivity contribution in [2.45, 2.75) is 116 Å². The molecule has 2 unspecified atom stereocenters. The van der Waals surface area contributed by atoms with Crippen molar-refractivity contribution in [3.8, 4) is 0 Å². The van der Waals surface area contributed by atoms with Crippen LogP contribution in [0.4, 0.5) is 0 Å². The minimum absolute atomic E-state index is 0.378. The topological polar surface area (TPSA) is 18.5 Å². The van der Waals surface area contributed by atoms with Gasteiger partial charge in [0.05, 0.1) is 12.2 Å². The van der Waals surface area contributed by atoms with E-state index in [0.717, 1.165) is 13.0 Å². The zero-order chi connectivity index (χ0) is 17.2. The highest BCUT2D eigenvalue weighted by atomic mass is 16.5. The van der Waals surface area contributed by atoms with E-state index in [1.54, 1.807) is 7.11 Å². The average Bonchev–Trinajstić information content (AvgIpc) is 2.56. The Kier molecular flexibility index (Phi) is 18.2. The largest absolute Gasteiger partial charge is 0.381 e. The molecule has 1 radical (unpaired) electrons. The summed E-state index contributed by atoms with van der Waals surface area (Å²) in [5.74, 6) is 0. The van der Waals surface area contributed by atoms with Crippen molar-refractivity contribution in [2.75, 3.05) is 13.7 Å². The zero-order valence-corrected chi connectivity index (χ0v) is 16.3. The maximum atomic E-state index is 5.79. The van der Waals surface area contributed by atoms with Crippen LogP contribution in [0.5, 0.6) is 0 Å². The van der Waals surface area contributed by atoms with Gasteiger partial charge < -0.3 is 9.47 Å². The zero-order valence-electron chi connectivity index (χ0n) is 16.3. The van der Waals surface area contributed by atoms with Crippen LogP contribution in [0.1, 0.15) is 104 Å². The molecule has 0 aliphatic carbocycles. The number of unbranched alkanes of at least 4 members (excludes halogenated alkanes) is 8. The van der Waals surface area contributed by atoms with Crippen LogP contribution >= 0.6 is 0 Å². The van der Waals surface area contributed by atoms with E-state index in [-0.39, 0.29) is 0 Å². The smallest absolute Gasteiger partial charge is 0.0574 e. The Bertz CT molecular complexity index is 208. The molecule has 0 aliphatic rings. The maximum Gasteiger partial charge on any atom is 0.0574 e. The lowest BCUT2D eigenvalue weighted by Gasteiger charge is -2.15. The second kappa shape index (κ2) is 18.3. The summed E-state index contributed by atoms with van der Waals surface area (Å²) in [4.78, 5) is 0. The highest BCUT2D eigenvalue weighted by Crippen LogP contribution is 2.15. The maximum absolute atomic E-state index is 5.79. The van der Waals surface area contributed by atoms with E-state index in [2.05, 4.69) is 20.8 Å². The highest BCUT2D eigenvalue weighted by Gasteiger charge is 2.06. The van der Waals surface area contributed by atoms with E-state index >= 15 is 0 Å². The van der Waals surface area contributed by atoms with Crippen LogP contribution in [-0.4, -0.2) is 25.9 Å². The molecule has 2 heteroatoms. The minimum Gasteiger partial charge on any atom is -0.381 e. The van der Waals surface area contributed by atoms with Crippen molar-refractivity contribution < 1.29 is 9.47 Å². The molecular weight excluding hydrogens is 284 g/mol. The first-order valence-electron chi connectivity index (χ1n) is 10.2. The molecule has 0 bridgehead atoms. The van der Waals surface area contributed by atoms with E-state index in [1.165, 1.54) is 83.5 Å². The molecule has 0 heterocycles. The molecule has 139 valence electrons. The second-order valence-electron chi connectivity index (χ2n) is 6.77. The van der Waals surface area contributed by atoms with Gasteiger partial charge in [-0.05, 0) is 32.6 Å². The quantitative estimate of drug-likeness (QED) is 0.260.